The lowest BCUT2D eigenvalue weighted by molar-refractivity contribution is 0.793. The van der Waals surface area contributed by atoms with E-state index < -0.39 is 5.41 Å². The number of para-hydroxylation sites is 3. The summed E-state index contributed by atoms with van der Waals surface area (Å²) in [5.74, 6) is 0. The maximum Gasteiger partial charge on any atom is 0.0726 e. The van der Waals surface area contributed by atoms with E-state index in [0.717, 1.165) is 22.7 Å². The zero-order valence-corrected chi connectivity index (χ0v) is 37.8. The summed E-state index contributed by atoms with van der Waals surface area (Å²) in [6.07, 6.45) is 0. The van der Waals surface area contributed by atoms with E-state index in [1.807, 2.05) is 0 Å². The Morgan fingerprint density at radius 2 is 0.710 bits per heavy atom. The van der Waals surface area contributed by atoms with Gasteiger partial charge in [0, 0.05) is 33.4 Å². The van der Waals surface area contributed by atoms with Gasteiger partial charge in [0.05, 0.1) is 22.1 Å². The fourth-order valence-electron chi connectivity index (χ4n) is 11.8. The first kappa shape index (κ1) is 39.2. The molecule has 2 aliphatic rings. The van der Waals surface area contributed by atoms with Crippen LogP contribution in [0.1, 0.15) is 22.3 Å². The Morgan fingerprint density at radius 3 is 1.38 bits per heavy atom. The van der Waals surface area contributed by atoms with Crippen LogP contribution in [0.4, 0.5) is 17.1 Å². The van der Waals surface area contributed by atoms with Gasteiger partial charge in [0.15, 0.2) is 0 Å². The van der Waals surface area contributed by atoms with Crippen LogP contribution >= 0.6 is 0 Å². The van der Waals surface area contributed by atoms with Crippen molar-refractivity contribution in [3.63, 3.8) is 0 Å². The summed E-state index contributed by atoms with van der Waals surface area (Å²) in [6.45, 7) is 0. The summed E-state index contributed by atoms with van der Waals surface area (Å²) in [4.78, 5) is 2.41. The van der Waals surface area contributed by atoms with Crippen molar-refractivity contribution in [3.8, 4) is 61.3 Å². The van der Waals surface area contributed by atoms with Crippen molar-refractivity contribution < 1.29 is 0 Å². The SMILES string of the molecule is c1ccc(-c2ccc3c4ccccc4n(-c4ccccc4-c4ccc(-c5ccc(N(c6ccccc6)c6ccc7c(c6)C6(c8ccccc8-c8ccccc86)c6ccccc6-7)cc5)cc4)c3c2)cc1. The maximum atomic E-state index is 2.47. The van der Waals surface area contributed by atoms with E-state index in [0.29, 0.717) is 0 Å². The van der Waals surface area contributed by atoms with Crippen LogP contribution in [0, 0.1) is 0 Å². The van der Waals surface area contributed by atoms with Gasteiger partial charge >= 0.3 is 0 Å². The Labute approximate surface area is 402 Å². The molecule has 0 atom stereocenters. The molecule has 0 unspecified atom stereocenters. The standard InChI is InChI=1S/C67H44N2/c1-3-17-45(18-4-1)49-37-41-59-58-25-11-16-30-65(58)69(66(59)43-49)64-29-15-10-21-53(64)48-33-31-46(32-34-48)47-35-38-51(39-36-47)68(50-19-5-2-6-20-50)52-40-42-57-56-24-9-14-28-62(56)67(63(57)44-52)60-26-12-7-22-54(60)55-23-8-13-27-61(55)67/h1-44H. The molecule has 322 valence electrons. The van der Waals surface area contributed by atoms with Crippen LogP contribution < -0.4 is 4.90 Å². The van der Waals surface area contributed by atoms with E-state index in [1.165, 1.54) is 99.7 Å². The molecule has 0 saturated carbocycles. The number of hydrogen-bond acceptors (Lipinski definition) is 1. The van der Waals surface area contributed by atoms with E-state index in [9.17, 15) is 0 Å². The Bertz CT molecular complexity index is 3870. The second-order valence-electron chi connectivity index (χ2n) is 18.4. The molecule has 69 heavy (non-hydrogen) atoms. The van der Waals surface area contributed by atoms with Crippen molar-refractivity contribution >= 4 is 38.9 Å². The molecule has 0 fully saturated rings. The van der Waals surface area contributed by atoms with Crippen molar-refractivity contribution in [2.75, 3.05) is 4.90 Å². The molecule has 0 aliphatic heterocycles. The molecule has 0 N–H and O–H groups in total. The number of rotatable bonds is 7. The normalized spacial score (nSPS) is 12.8. The predicted octanol–water partition coefficient (Wildman–Crippen LogP) is 17.6. The van der Waals surface area contributed by atoms with Gasteiger partial charge in [-0.3, -0.25) is 0 Å². The number of anilines is 3. The van der Waals surface area contributed by atoms with E-state index >= 15 is 0 Å². The van der Waals surface area contributed by atoms with Crippen molar-refractivity contribution in [1.29, 1.82) is 0 Å². The Morgan fingerprint density at radius 1 is 0.261 bits per heavy atom. The van der Waals surface area contributed by atoms with E-state index in [-0.39, 0.29) is 0 Å². The van der Waals surface area contributed by atoms with Gasteiger partial charge in [0.2, 0.25) is 0 Å². The van der Waals surface area contributed by atoms with Crippen LogP contribution in [-0.4, -0.2) is 4.57 Å². The van der Waals surface area contributed by atoms with Crippen LogP contribution in [0.15, 0.2) is 267 Å². The van der Waals surface area contributed by atoms with Crippen molar-refractivity contribution in [2.45, 2.75) is 5.41 Å². The number of fused-ring (bicyclic) bond motifs is 13. The fraction of sp³-hybridized carbons (Fsp3) is 0.0149. The highest BCUT2D eigenvalue weighted by Gasteiger charge is 2.51. The molecule has 0 saturated heterocycles. The first-order chi connectivity index (χ1) is 34.2. The van der Waals surface area contributed by atoms with Crippen molar-refractivity contribution in [2.24, 2.45) is 0 Å². The topological polar surface area (TPSA) is 8.17 Å². The minimum Gasteiger partial charge on any atom is -0.310 e. The quantitative estimate of drug-likeness (QED) is 0.155. The molecular weight excluding hydrogens is 833 g/mol. The summed E-state index contributed by atoms with van der Waals surface area (Å²) >= 11 is 0. The lowest BCUT2D eigenvalue weighted by atomic mass is 9.70. The molecule has 0 amide bonds. The Hall–Kier alpha value is -8.98. The van der Waals surface area contributed by atoms with Crippen molar-refractivity contribution in [3.05, 3.63) is 289 Å². The average molecular weight is 877 g/mol. The molecule has 11 aromatic carbocycles. The summed E-state index contributed by atoms with van der Waals surface area (Å²) in [6, 6.07) is 98.3. The van der Waals surface area contributed by atoms with Crippen LogP contribution in [0.25, 0.3) is 83.1 Å². The molecule has 0 radical (unpaired) electrons. The summed E-state index contributed by atoms with van der Waals surface area (Å²) in [5, 5.41) is 2.50. The lowest BCUT2D eigenvalue weighted by Crippen LogP contribution is -2.26. The molecule has 1 spiro atoms. The smallest absolute Gasteiger partial charge is 0.0726 e. The van der Waals surface area contributed by atoms with Gasteiger partial charge in [-0.25, -0.2) is 0 Å². The van der Waals surface area contributed by atoms with E-state index in [1.54, 1.807) is 0 Å². The van der Waals surface area contributed by atoms with Crippen LogP contribution in [-0.2, 0) is 5.41 Å². The monoisotopic (exact) mass is 876 g/mol. The number of hydrogen-bond donors (Lipinski definition) is 0. The molecule has 1 aromatic heterocycles. The Kier molecular flexibility index (Phi) is 8.84. The average Bonchev–Trinajstić information content (AvgIpc) is 4.03. The van der Waals surface area contributed by atoms with Gasteiger partial charge in [-0.1, -0.05) is 212 Å². The number of aromatic nitrogens is 1. The third-order valence-electron chi connectivity index (χ3n) is 14.8. The first-order valence-corrected chi connectivity index (χ1v) is 23.9. The minimum absolute atomic E-state index is 0.413. The number of nitrogens with zero attached hydrogens (tertiary/aromatic N) is 2. The molecule has 1 heterocycles. The molecule has 14 rings (SSSR count). The third kappa shape index (κ3) is 5.92. The molecule has 2 heteroatoms. The first-order valence-electron chi connectivity index (χ1n) is 23.9. The number of benzene rings is 11. The lowest BCUT2D eigenvalue weighted by Gasteiger charge is -2.32. The van der Waals surface area contributed by atoms with Gasteiger partial charge in [-0.15, -0.1) is 0 Å². The van der Waals surface area contributed by atoms with Gasteiger partial charge in [0.25, 0.3) is 0 Å². The summed E-state index contributed by atoms with van der Waals surface area (Å²) in [7, 11) is 0. The van der Waals surface area contributed by atoms with E-state index in [4.69, 9.17) is 0 Å². The molecule has 0 bridgehead atoms. The highest BCUT2D eigenvalue weighted by atomic mass is 15.1. The zero-order valence-electron chi connectivity index (χ0n) is 37.8. The predicted molar refractivity (Wildman–Crippen MR) is 288 cm³/mol. The highest BCUT2D eigenvalue weighted by Crippen LogP contribution is 2.63. The molecule has 2 nitrogen and oxygen atoms in total. The molecule has 12 aromatic rings. The molecule has 2 aliphatic carbocycles. The van der Waals surface area contributed by atoms with Crippen LogP contribution in [0.5, 0.6) is 0 Å². The zero-order chi connectivity index (χ0) is 45.5. The van der Waals surface area contributed by atoms with Gasteiger partial charge in [0.1, 0.15) is 0 Å². The van der Waals surface area contributed by atoms with Crippen molar-refractivity contribution in [1.82, 2.24) is 4.57 Å². The van der Waals surface area contributed by atoms with Gasteiger partial charge in [-0.2, -0.15) is 0 Å². The van der Waals surface area contributed by atoms with Gasteiger partial charge in [-0.05, 0) is 127 Å². The Balaban J connectivity index is 0.838. The third-order valence-corrected chi connectivity index (χ3v) is 14.8. The van der Waals surface area contributed by atoms with Gasteiger partial charge < -0.3 is 9.47 Å². The van der Waals surface area contributed by atoms with Crippen LogP contribution in [0.2, 0.25) is 0 Å². The minimum atomic E-state index is -0.413. The maximum absolute atomic E-state index is 2.47. The van der Waals surface area contributed by atoms with Crippen LogP contribution in [0.3, 0.4) is 0 Å². The molecular formula is C67H44N2. The second-order valence-corrected chi connectivity index (χ2v) is 18.4. The summed E-state index contributed by atoms with van der Waals surface area (Å²) in [5.41, 5.74) is 24.2. The largest absolute Gasteiger partial charge is 0.310 e. The van der Waals surface area contributed by atoms with E-state index in [2.05, 4.69) is 276 Å². The highest BCUT2D eigenvalue weighted by molar-refractivity contribution is 6.11. The fourth-order valence-corrected chi connectivity index (χ4v) is 11.8. The summed E-state index contributed by atoms with van der Waals surface area (Å²) < 4.78 is 2.45. The second kappa shape index (κ2) is 15.6.